The molecule has 10 heteroatoms. The molecule has 47 heavy (non-hydrogen) atoms. The lowest BCUT2D eigenvalue weighted by Crippen LogP contribution is -2.53. The number of aryl methyl sites for hydroxylation is 1. The Labute approximate surface area is 277 Å². The topological polar surface area (TPSA) is 96.0 Å². The molecule has 0 aromatic heterocycles. The first kappa shape index (κ1) is 35.2. The van der Waals surface area contributed by atoms with Crippen molar-refractivity contribution in [3.63, 3.8) is 0 Å². The SMILES string of the molecule is CCCCNC(=O)C(Cc1ccccc1)N(Cc1ccc(C)cc1)C(=O)CN(c1ccc(F)cc1)S(=O)(=O)c1ccc(OCC)cc1. The van der Waals surface area contributed by atoms with Gasteiger partial charge >= 0.3 is 0 Å². The molecule has 248 valence electrons. The number of nitrogens with zero attached hydrogens (tertiary/aromatic N) is 2. The van der Waals surface area contributed by atoms with Crippen LogP contribution < -0.4 is 14.4 Å². The number of rotatable bonds is 16. The van der Waals surface area contributed by atoms with Crippen LogP contribution in [0, 0.1) is 12.7 Å². The van der Waals surface area contributed by atoms with Gasteiger partial charge in [-0.25, -0.2) is 12.8 Å². The average molecular weight is 660 g/mol. The van der Waals surface area contributed by atoms with E-state index in [1.54, 1.807) is 12.1 Å². The van der Waals surface area contributed by atoms with Crippen molar-refractivity contribution in [3.05, 3.63) is 126 Å². The Bertz CT molecular complexity index is 1700. The summed E-state index contributed by atoms with van der Waals surface area (Å²) in [5, 5.41) is 2.98. The summed E-state index contributed by atoms with van der Waals surface area (Å²) in [5.41, 5.74) is 2.78. The molecular formula is C37H42FN3O5S. The molecule has 0 bridgehead atoms. The number of ether oxygens (including phenoxy) is 1. The predicted octanol–water partition coefficient (Wildman–Crippen LogP) is 6.28. The molecular weight excluding hydrogens is 617 g/mol. The highest BCUT2D eigenvalue weighted by Gasteiger charge is 2.34. The van der Waals surface area contributed by atoms with Crippen LogP contribution in [0.25, 0.3) is 0 Å². The Kier molecular flexibility index (Phi) is 12.5. The maximum atomic E-state index is 14.5. The van der Waals surface area contributed by atoms with Gasteiger partial charge in [-0.3, -0.25) is 13.9 Å². The van der Waals surface area contributed by atoms with E-state index in [0.717, 1.165) is 46.0 Å². The fourth-order valence-corrected chi connectivity index (χ4v) is 6.50. The van der Waals surface area contributed by atoms with E-state index in [9.17, 15) is 22.4 Å². The summed E-state index contributed by atoms with van der Waals surface area (Å²) >= 11 is 0. The van der Waals surface area contributed by atoms with Crippen molar-refractivity contribution in [1.82, 2.24) is 10.2 Å². The third kappa shape index (κ3) is 9.65. The number of benzene rings is 4. The van der Waals surface area contributed by atoms with E-state index in [-0.39, 0.29) is 29.5 Å². The maximum absolute atomic E-state index is 14.5. The van der Waals surface area contributed by atoms with Gasteiger partial charge in [0, 0.05) is 19.5 Å². The molecule has 0 fully saturated rings. The van der Waals surface area contributed by atoms with E-state index in [0.29, 0.717) is 18.9 Å². The summed E-state index contributed by atoms with van der Waals surface area (Å²) in [6.07, 6.45) is 1.87. The van der Waals surface area contributed by atoms with Crippen molar-refractivity contribution in [2.24, 2.45) is 0 Å². The van der Waals surface area contributed by atoms with Gasteiger partial charge < -0.3 is 15.0 Å². The Hall–Kier alpha value is -4.70. The number of anilines is 1. The fourth-order valence-electron chi connectivity index (χ4n) is 5.09. The van der Waals surface area contributed by atoms with Gasteiger partial charge in [0.2, 0.25) is 11.8 Å². The molecule has 4 rings (SSSR count). The molecule has 0 aliphatic carbocycles. The molecule has 0 heterocycles. The molecule has 4 aromatic rings. The van der Waals surface area contributed by atoms with E-state index >= 15 is 0 Å². The Balaban J connectivity index is 1.77. The van der Waals surface area contributed by atoms with Crippen molar-refractivity contribution >= 4 is 27.5 Å². The number of sulfonamides is 1. The normalized spacial score (nSPS) is 11.8. The summed E-state index contributed by atoms with van der Waals surface area (Å²) in [7, 11) is -4.32. The van der Waals surface area contributed by atoms with Gasteiger partial charge in [0.15, 0.2) is 0 Å². The van der Waals surface area contributed by atoms with Crippen LogP contribution in [0.15, 0.2) is 108 Å². The number of carbonyl (C=O) groups excluding carboxylic acids is 2. The number of carbonyl (C=O) groups is 2. The second-order valence-electron chi connectivity index (χ2n) is 11.2. The van der Waals surface area contributed by atoms with Gasteiger partial charge in [-0.15, -0.1) is 0 Å². The monoisotopic (exact) mass is 659 g/mol. The Morgan fingerprint density at radius 2 is 1.51 bits per heavy atom. The van der Waals surface area contributed by atoms with Crippen LogP contribution in [0.4, 0.5) is 10.1 Å². The molecule has 0 aliphatic heterocycles. The summed E-state index contributed by atoms with van der Waals surface area (Å²) in [4.78, 5) is 29.7. The molecule has 0 saturated carbocycles. The number of unbranched alkanes of at least 4 members (excludes halogenated alkanes) is 1. The molecule has 1 N–H and O–H groups in total. The smallest absolute Gasteiger partial charge is 0.264 e. The molecule has 4 aromatic carbocycles. The first-order valence-electron chi connectivity index (χ1n) is 15.8. The van der Waals surface area contributed by atoms with Crippen LogP contribution in [0.3, 0.4) is 0 Å². The van der Waals surface area contributed by atoms with Gasteiger partial charge in [-0.05, 0) is 79.9 Å². The zero-order valence-corrected chi connectivity index (χ0v) is 27.9. The average Bonchev–Trinajstić information content (AvgIpc) is 3.07. The van der Waals surface area contributed by atoms with Crippen molar-refractivity contribution in [3.8, 4) is 5.75 Å². The third-order valence-corrected chi connectivity index (χ3v) is 9.48. The number of halogens is 1. The first-order valence-corrected chi connectivity index (χ1v) is 17.2. The Morgan fingerprint density at radius 1 is 0.851 bits per heavy atom. The summed E-state index contributed by atoms with van der Waals surface area (Å²) in [6, 6.07) is 26.9. The maximum Gasteiger partial charge on any atom is 0.264 e. The quantitative estimate of drug-likeness (QED) is 0.143. The predicted molar refractivity (Wildman–Crippen MR) is 182 cm³/mol. The second-order valence-corrected chi connectivity index (χ2v) is 13.1. The van der Waals surface area contributed by atoms with E-state index in [4.69, 9.17) is 4.74 Å². The summed E-state index contributed by atoms with van der Waals surface area (Å²) < 4.78 is 48.7. The minimum atomic E-state index is -4.32. The molecule has 0 radical (unpaired) electrons. The van der Waals surface area contributed by atoms with E-state index in [1.807, 2.05) is 75.4 Å². The first-order chi connectivity index (χ1) is 22.6. The van der Waals surface area contributed by atoms with Crippen LogP contribution >= 0.6 is 0 Å². The summed E-state index contributed by atoms with van der Waals surface area (Å²) in [6.45, 7) is 6.10. The zero-order chi connectivity index (χ0) is 33.8. The van der Waals surface area contributed by atoms with Gasteiger partial charge in [-0.1, -0.05) is 73.5 Å². The number of amides is 2. The van der Waals surface area contributed by atoms with Crippen LogP contribution in [0.2, 0.25) is 0 Å². The van der Waals surface area contributed by atoms with Crippen molar-refractivity contribution in [2.45, 2.75) is 57.5 Å². The van der Waals surface area contributed by atoms with Crippen molar-refractivity contribution in [2.75, 3.05) is 24.0 Å². The van der Waals surface area contributed by atoms with Crippen LogP contribution in [0.5, 0.6) is 5.75 Å². The molecule has 0 spiro atoms. The van der Waals surface area contributed by atoms with Crippen molar-refractivity contribution < 1.29 is 27.1 Å². The van der Waals surface area contributed by atoms with Crippen LogP contribution in [-0.4, -0.2) is 50.9 Å². The van der Waals surface area contributed by atoms with Crippen LogP contribution in [-0.2, 0) is 32.6 Å². The molecule has 8 nitrogen and oxygen atoms in total. The zero-order valence-electron chi connectivity index (χ0n) is 27.1. The highest BCUT2D eigenvalue weighted by molar-refractivity contribution is 7.92. The van der Waals surface area contributed by atoms with E-state index in [1.165, 1.54) is 29.2 Å². The molecule has 2 amide bonds. The van der Waals surface area contributed by atoms with E-state index in [2.05, 4.69) is 5.32 Å². The lowest BCUT2D eigenvalue weighted by atomic mass is 10.0. The van der Waals surface area contributed by atoms with Crippen molar-refractivity contribution in [1.29, 1.82) is 0 Å². The number of hydrogen-bond donors (Lipinski definition) is 1. The fraction of sp³-hybridized carbons (Fsp3) is 0.297. The lowest BCUT2D eigenvalue weighted by Gasteiger charge is -2.34. The molecule has 1 unspecified atom stereocenters. The standard InChI is InChI=1S/C37H42FN3O5S/c1-4-6-24-39-37(43)35(25-29-10-8-7-9-11-29)40(26-30-14-12-28(3)13-15-30)36(42)27-41(32-18-16-31(38)17-19-32)47(44,45)34-22-20-33(21-23-34)46-5-2/h7-23,35H,4-6,24-27H2,1-3H3,(H,39,43). The molecule has 1 atom stereocenters. The van der Waals surface area contributed by atoms with Gasteiger partial charge in [0.1, 0.15) is 24.2 Å². The molecule has 0 aliphatic rings. The minimum absolute atomic E-state index is 0.0676. The lowest BCUT2D eigenvalue weighted by molar-refractivity contribution is -0.140. The van der Waals surface area contributed by atoms with Gasteiger partial charge in [0.25, 0.3) is 10.0 Å². The van der Waals surface area contributed by atoms with E-state index < -0.39 is 34.3 Å². The Morgan fingerprint density at radius 3 is 2.13 bits per heavy atom. The number of hydrogen-bond acceptors (Lipinski definition) is 5. The minimum Gasteiger partial charge on any atom is -0.494 e. The van der Waals surface area contributed by atoms with Gasteiger partial charge in [0.05, 0.1) is 17.2 Å². The largest absolute Gasteiger partial charge is 0.494 e. The number of nitrogens with one attached hydrogen (secondary N) is 1. The highest BCUT2D eigenvalue weighted by atomic mass is 32.2. The summed E-state index contributed by atoms with van der Waals surface area (Å²) in [5.74, 6) is -0.967. The highest BCUT2D eigenvalue weighted by Crippen LogP contribution is 2.27. The molecule has 0 saturated heterocycles. The third-order valence-electron chi connectivity index (χ3n) is 7.69. The second kappa shape index (κ2) is 16.7. The van der Waals surface area contributed by atoms with Gasteiger partial charge in [-0.2, -0.15) is 0 Å². The van der Waals surface area contributed by atoms with Crippen LogP contribution in [0.1, 0.15) is 43.4 Å².